The van der Waals surface area contributed by atoms with Crippen LogP contribution in [0.5, 0.6) is 0 Å². The normalized spacial score (nSPS) is 12.9. The van der Waals surface area contributed by atoms with Gasteiger partial charge in [-0.3, -0.25) is 4.21 Å². The summed E-state index contributed by atoms with van der Waals surface area (Å²) in [7, 11) is 2.58. The van der Waals surface area contributed by atoms with Crippen molar-refractivity contribution in [3.05, 3.63) is 36.8 Å². The van der Waals surface area contributed by atoms with Gasteiger partial charge in [0.1, 0.15) is 0 Å². The third kappa shape index (κ3) is 9.99. The minimum absolute atomic E-state index is 0.578. The van der Waals surface area contributed by atoms with Crippen LogP contribution in [0.3, 0.4) is 0 Å². The van der Waals surface area contributed by atoms with Gasteiger partial charge < -0.3 is 0 Å². The highest BCUT2D eigenvalue weighted by molar-refractivity contribution is 8.77. The van der Waals surface area contributed by atoms with E-state index in [4.69, 9.17) is 0 Å². The van der Waals surface area contributed by atoms with Crippen LogP contribution in [0.2, 0.25) is 0 Å². The van der Waals surface area contributed by atoms with Crippen LogP contribution in [0.15, 0.2) is 36.8 Å². The van der Waals surface area contributed by atoms with E-state index in [0.717, 1.165) is 5.75 Å². The van der Waals surface area contributed by atoms with Crippen molar-refractivity contribution in [2.45, 2.75) is 0 Å². The second kappa shape index (κ2) is 10.2. The van der Waals surface area contributed by atoms with Crippen molar-refractivity contribution in [3.63, 3.8) is 0 Å². The van der Waals surface area contributed by atoms with Gasteiger partial charge in [-0.05, 0) is 5.41 Å². The fourth-order valence-electron chi connectivity index (χ4n) is 0.512. The fraction of sp³-hybridized carbons (Fsp3) is 0.333. The van der Waals surface area contributed by atoms with E-state index in [9.17, 15) is 4.21 Å². The van der Waals surface area contributed by atoms with Gasteiger partial charge in [0.15, 0.2) is 0 Å². The minimum atomic E-state index is -0.775. The molecule has 0 fully saturated rings. The van der Waals surface area contributed by atoms with E-state index in [1.165, 1.54) is 0 Å². The van der Waals surface area contributed by atoms with Gasteiger partial charge in [0.25, 0.3) is 0 Å². The van der Waals surface area contributed by atoms with Gasteiger partial charge in [-0.15, -0.1) is 13.2 Å². The summed E-state index contributed by atoms with van der Waals surface area (Å²) in [5.74, 6) is 2.13. The van der Waals surface area contributed by atoms with Crippen LogP contribution in [0.4, 0.5) is 0 Å². The standard InChI is InChI=1S/C9H14OS3/c1-3-6-11-12-7-5-9-13(10)8-4-2/h3-5,7H,1-2,6,8-9H2/b7-5+/t13-/m0/s1. The summed E-state index contributed by atoms with van der Waals surface area (Å²) >= 11 is 0. The Morgan fingerprint density at radius 1 is 1.23 bits per heavy atom. The summed E-state index contributed by atoms with van der Waals surface area (Å²) in [6.45, 7) is 7.14. The molecule has 1 nitrogen and oxygen atoms in total. The van der Waals surface area contributed by atoms with E-state index in [0.29, 0.717) is 11.5 Å². The van der Waals surface area contributed by atoms with Crippen molar-refractivity contribution < 1.29 is 4.21 Å². The Hall–Kier alpha value is 0.0700. The van der Waals surface area contributed by atoms with Crippen LogP contribution in [-0.4, -0.2) is 21.5 Å². The third-order valence-electron chi connectivity index (χ3n) is 0.992. The molecule has 0 aromatic carbocycles. The minimum Gasteiger partial charge on any atom is -0.259 e. The lowest BCUT2D eigenvalue weighted by Crippen LogP contribution is -1.96. The zero-order chi connectivity index (χ0) is 9.94. The molecule has 0 aliphatic heterocycles. The van der Waals surface area contributed by atoms with Crippen molar-refractivity contribution in [1.82, 2.24) is 0 Å². The highest BCUT2D eigenvalue weighted by Crippen LogP contribution is 2.21. The molecule has 0 aromatic rings. The maximum atomic E-state index is 11.1. The molecule has 0 N–H and O–H groups in total. The van der Waals surface area contributed by atoms with Gasteiger partial charge >= 0.3 is 0 Å². The summed E-state index contributed by atoms with van der Waals surface area (Å²) in [5.41, 5.74) is 0. The highest BCUT2D eigenvalue weighted by atomic mass is 33.1. The molecule has 0 aliphatic rings. The summed E-state index contributed by atoms with van der Waals surface area (Å²) < 4.78 is 11.1. The third-order valence-corrected chi connectivity index (χ3v) is 4.12. The molecule has 0 saturated heterocycles. The smallest absolute Gasteiger partial charge is 0.0426 e. The quantitative estimate of drug-likeness (QED) is 0.365. The number of rotatable bonds is 8. The van der Waals surface area contributed by atoms with E-state index in [1.807, 2.05) is 17.6 Å². The van der Waals surface area contributed by atoms with Crippen molar-refractivity contribution >= 4 is 32.4 Å². The Bertz CT molecular complexity index is 199. The Kier molecular flexibility index (Phi) is 10.2. The van der Waals surface area contributed by atoms with Crippen LogP contribution < -0.4 is 0 Å². The number of hydrogen-bond acceptors (Lipinski definition) is 3. The molecular weight excluding hydrogens is 220 g/mol. The lowest BCUT2D eigenvalue weighted by atomic mass is 10.8. The van der Waals surface area contributed by atoms with Crippen LogP contribution in [0.25, 0.3) is 0 Å². The first-order chi connectivity index (χ1) is 6.31. The maximum absolute atomic E-state index is 11.1. The average Bonchev–Trinajstić information content (AvgIpc) is 2.11. The first-order valence-corrected chi connectivity index (χ1v) is 7.68. The first kappa shape index (κ1) is 13.1. The molecule has 0 unspecified atom stereocenters. The molecule has 0 aliphatic carbocycles. The predicted molar refractivity (Wildman–Crippen MR) is 67.5 cm³/mol. The Morgan fingerprint density at radius 2 is 2.00 bits per heavy atom. The lowest BCUT2D eigenvalue weighted by Gasteiger charge is -1.91. The Balaban J connectivity index is 3.34. The molecule has 13 heavy (non-hydrogen) atoms. The van der Waals surface area contributed by atoms with Crippen molar-refractivity contribution in [3.8, 4) is 0 Å². The predicted octanol–water partition coefficient (Wildman–Crippen LogP) is 3.00. The van der Waals surface area contributed by atoms with E-state index >= 15 is 0 Å². The second-order valence-electron chi connectivity index (χ2n) is 2.10. The van der Waals surface area contributed by atoms with E-state index in [2.05, 4.69) is 13.2 Å². The van der Waals surface area contributed by atoms with Crippen molar-refractivity contribution in [2.24, 2.45) is 0 Å². The summed E-state index contributed by atoms with van der Waals surface area (Å²) in [5, 5.41) is 1.97. The average molecular weight is 234 g/mol. The summed E-state index contributed by atoms with van der Waals surface area (Å²) in [4.78, 5) is 0. The molecule has 0 rings (SSSR count). The largest absolute Gasteiger partial charge is 0.259 e. The lowest BCUT2D eigenvalue weighted by molar-refractivity contribution is 0.687. The van der Waals surface area contributed by atoms with Crippen molar-refractivity contribution in [1.29, 1.82) is 0 Å². The van der Waals surface area contributed by atoms with E-state index in [1.54, 1.807) is 27.7 Å². The van der Waals surface area contributed by atoms with Crippen LogP contribution in [0, 0.1) is 0 Å². The molecular formula is C9H14OS3. The van der Waals surface area contributed by atoms with Gasteiger partial charge in [-0.2, -0.15) is 0 Å². The van der Waals surface area contributed by atoms with Gasteiger partial charge in [-0.1, -0.05) is 39.8 Å². The van der Waals surface area contributed by atoms with Crippen molar-refractivity contribution in [2.75, 3.05) is 17.3 Å². The SMILES string of the molecule is C=CCSS/C=C/C[S@@](=O)CC=C. The van der Waals surface area contributed by atoms with Gasteiger partial charge in [0, 0.05) is 28.1 Å². The number of hydrogen-bond donors (Lipinski definition) is 0. The molecule has 0 spiro atoms. The zero-order valence-electron chi connectivity index (χ0n) is 7.48. The summed E-state index contributed by atoms with van der Waals surface area (Å²) in [6.07, 6.45) is 5.48. The fourth-order valence-corrected chi connectivity index (χ4v) is 2.77. The molecule has 4 heteroatoms. The second-order valence-corrected chi connectivity index (χ2v) is 5.97. The van der Waals surface area contributed by atoms with Gasteiger partial charge in [0.2, 0.25) is 0 Å². The zero-order valence-corrected chi connectivity index (χ0v) is 9.93. The van der Waals surface area contributed by atoms with Gasteiger partial charge in [0.05, 0.1) is 0 Å². The molecule has 0 amide bonds. The highest BCUT2D eigenvalue weighted by Gasteiger charge is 1.90. The molecule has 0 bridgehead atoms. The van der Waals surface area contributed by atoms with Crippen LogP contribution >= 0.6 is 21.6 Å². The first-order valence-electron chi connectivity index (χ1n) is 3.81. The summed E-state index contributed by atoms with van der Waals surface area (Å²) in [6, 6.07) is 0. The van der Waals surface area contributed by atoms with Crippen LogP contribution in [0.1, 0.15) is 0 Å². The molecule has 0 saturated carbocycles. The monoisotopic (exact) mass is 234 g/mol. The molecule has 74 valence electrons. The van der Waals surface area contributed by atoms with E-state index < -0.39 is 10.8 Å². The Labute approximate surface area is 90.6 Å². The van der Waals surface area contributed by atoms with Gasteiger partial charge in [-0.25, -0.2) is 0 Å². The van der Waals surface area contributed by atoms with Crippen LogP contribution in [-0.2, 0) is 10.8 Å². The topological polar surface area (TPSA) is 17.1 Å². The maximum Gasteiger partial charge on any atom is 0.0426 e. The molecule has 0 heterocycles. The Morgan fingerprint density at radius 3 is 2.62 bits per heavy atom. The molecule has 1 atom stereocenters. The molecule has 0 radical (unpaired) electrons. The molecule has 0 aromatic heterocycles. The van der Waals surface area contributed by atoms with E-state index in [-0.39, 0.29) is 0 Å².